The highest BCUT2D eigenvalue weighted by molar-refractivity contribution is 7.98. The highest BCUT2D eigenvalue weighted by Gasteiger charge is 2.21. The van der Waals surface area contributed by atoms with E-state index in [4.69, 9.17) is 4.74 Å². The number of carbonyl (C=O) groups is 2. The molecule has 2 aromatic rings. The first-order valence-electron chi connectivity index (χ1n) is 8.23. The second kappa shape index (κ2) is 7.67. The highest BCUT2D eigenvalue weighted by atomic mass is 32.2. The van der Waals surface area contributed by atoms with Gasteiger partial charge in [-0.1, -0.05) is 37.3 Å². The molecule has 0 saturated carbocycles. The molecule has 0 aliphatic carbocycles. The lowest BCUT2D eigenvalue weighted by atomic mass is 9.98. The third-order valence-corrected chi connectivity index (χ3v) is 5.15. The Bertz CT molecular complexity index is 767. The fourth-order valence-electron chi connectivity index (χ4n) is 2.76. The van der Waals surface area contributed by atoms with E-state index >= 15 is 0 Å². The van der Waals surface area contributed by atoms with Crippen LogP contribution in [0.4, 0.5) is 0 Å². The molecular weight excluding hydrogens is 320 g/mol. The Morgan fingerprint density at radius 3 is 2.83 bits per heavy atom. The minimum atomic E-state index is -0.146. The summed E-state index contributed by atoms with van der Waals surface area (Å²) in [4.78, 5) is 25.1. The number of hydrogen-bond donors (Lipinski definition) is 0. The molecule has 0 saturated heterocycles. The van der Waals surface area contributed by atoms with E-state index in [9.17, 15) is 9.59 Å². The molecule has 1 aliphatic heterocycles. The number of esters is 1. The summed E-state index contributed by atoms with van der Waals surface area (Å²) in [5.41, 5.74) is 3.73. The van der Waals surface area contributed by atoms with Gasteiger partial charge in [-0.05, 0) is 29.7 Å². The maximum atomic E-state index is 12.7. The van der Waals surface area contributed by atoms with Gasteiger partial charge in [-0.25, -0.2) is 0 Å². The van der Waals surface area contributed by atoms with Crippen molar-refractivity contribution in [3.05, 3.63) is 64.7 Å². The average molecular weight is 340 g/mol. The summed E-state index contributed by atoms with van der Waals surface area (Å²) in [6, 6.07) is 13.7. The zero-order valence-electron chi connectivity index (χ0n) is 13.7. The number of ketones is 1. The van der Waals surface area contributed by atoms with Crippen molar-refractivity contribution in [2.45, 2.75) is 36.8 Å². The molecule has 3 nitrogen and oxygen atoms in total. The van der Waals surface area contributed by atoms with Crippen LogP contribution >= 0.6 is 11.8 Å². The van der Waals surface area contributed by atoms with Gasteiger partial charge in [0.15, 0.2) is 5.78 Å². The van der Waals surface area contributed by atoms with Crippen molar-refractivity contribution in [3.8, 4) is 0 Å². The lowest BCUT2D eigenvalue weighted by Gasteiger charge is -2.08. The molecule has 3 rings (SSSR count). The Morgan fingerprint density at radius 1 is 1.17 bits per heavy atom. The Hall–Kier alpha value is -2.07. The van der Waals surface area contributed by atoms with Crippen LogP contribution in [-0.4, -0.2) is 18.4 Å². The van der Waals surface area contributed by atoms with Crippen molar-refractivity contribution in [2.75, 3.05) is 6.61 Å². The van der Waals surface area contributed by atoms with Crippen molar-refractivity contribution in [2.24, 2.45) is 0 Å². The topological polar surface area (TPSA) is 43.4 Å². The predicted molar refractivity (Wildman–Crippen MR) is 95.4 cm³/mol. The first kappa shape index (κ1) is 16.8. The molecule has 0 atom stereocenters. The number of benzene rings is 2. The molecular formula is C20H20O3S. The summed E-state index contributed by atoms with van der Waals surface area (Å²) in [6.07, 6.45) is 1.94. The van der Waals surface area contributed by atoms with Crippen molar-refractivity contribution >= 4 is 23.5 Å². The molecule has 4 heteroatoms. The lowest BCUT2D eigenvalue weighted by molar-refractivity contribution is -0.143. The van der Waals surface area contributed by atoms with Crippen molar-refractivity contribution in [1.29, 1.82) is 0 Å². The fraction of sp³-hybridized carbons (Fsp3) is 0.300. The number of rotatable bonds is 5. The second-order valence-electron chi connectivity index (χ2n) is 5.83. The van der Waals surface area contributed by atoms with E-state index in [0.29, 0.717) is 19.4 Å². The SMILES string of the molecule is CCCC(=O)OCCc1ccc2c(c1)SCc1ccccc1C2=O. The molecule has 0 N–H and O–H groups in total. The standard InChI is InChI=1S/C20H20O3S/c1-2-5-19(21)23-11-10-14-8-9-17-18(12-14)24-13-15-6-3-4-7-16(15)20(17)22/h3-4,6-9,12H,2,5,10-11,13H2,1H3. The molecule has 2 aromatic carbocycles. The summed E-state index contributed by atoms with van der Waals surface area (Å²) in [7, 11) is 0. The van der Waals surface area contributed by atoms with Crippen LogP contribution < -0.4 is 0 Å². The van der Waals surface area contributed by atoms with Gasteiger partial charge in [0.25, 0.3) is 0 Å². The average Bonchev–Trinajstić information content (AvgIpc) is 2.73. The molecule has 1 heterocycles. The van der Waals surface area contributed by atoms with Crippen LogP contribution in [0.3, 0.4) is 0 Å². The smallest absolute Gasteiger partial charge is 0.305 e. The molecule has 0 fully saturated rings. The quantitative estimate of drug-likeness (QED) is 0.756. The minimum absolute atomic E-state index is 0.0894. The van der Waals surface area contributed by atoms with E-state index in [-0.39, 0.29) is 11.8 Å². The van der Waals surface area contributed by atoms with Crippen LogP contribution in [-0.2, 0) is 21.7 Å². The van der Waals surface area contributed by atoms with Gasteiger partial charge in [0.05, 0.1) is 6.61 Å². The van der Waals surface area contributed by atoms with Gasteiger partial charge in [-0.2, -0.15) is 0 Å². The molecule has 0 radical (unpaired) electrons. The molecule has 0 amide bonds. The maximum absolute atomic E-state index is 12.7. The van der Waals surface area contributed by atoms with Crippen LogP contribution in [0, 0.1) is 0 Å². The van der Waals surface area contributed by atoms with Crippen molar-refractivity contribution in [1.82, 2.24) is 0 Å². The van der Waals surface area contributed by atoms with Crippen molar-refractivity contribution in [3.63, 3.8) is 0 Å². The largest absolute Gasteiger partial charge is 0.465 e. The molecule has 0 aromatic heterocycles. The van der Waals surface area contributed by atoms with Crippen LogP contribution in [0.5, 0.6) is 0 Å². The number of thioether (sulfide) groups is 1. The molecule has 0 unspecified atom stereocenters. The summed E-state index contributed by atoms with van der Waals surface area (Å²) in [5.74, 6) is 0.739. The zero-order chi connectivity index (χ0) is 16.9. The van der Waals surface area contributed by atoms with Crippen LogP contribution in [0.25, 0.3) is 0 Å². The van der Waals surface area contributed by atoms with E-state index in [1.54, 1.807) is 11.8 Å². The lowest BCUT2D eigenvalue weighted by Crippen LogP contribution is -2.08. The van der Waals surface area contributed by atoms with E-state index in [2.05, 4.69) is 6.07 Å². The number of hydrogen-bond acceptors (Lipinski definition) is 4. The predicted octanol–water partition coefficient (Wildman–Crippen LogP) is 4.41. The van der Waals surface area contributed by atoms with E-state index in [1.807, 2.05) is 43.3 Å². The van der Waals surface area contributed by atoms with Gasteiger partial charge in [0.2, 0.25) is 0 Å². The minimum Gasteiger partial charge on any atom is -0.465 e. The number of ether oxygens (including phenoxy) is 1. The van der Waals surface area contributed by atoms with Gasteiger partial charge >= 0.3 is 5.97 Å². The highest BCUT2D eigenvalue weighted by Crippen LogP contribution is 2.34. The van der Waals surface area contributed by atoms with Gasteiger partial charge in [0.1, 0.15) is 0 Å². The maximum Gasteiger partial charge on any atom is 0.305 e. The first-order valence-corrected chi connectivity index (χ1v) is 9.21. The van der Waals surface area contributed by atoms with E-state index < -0.39 is 0 Å². The fourth-order valence-corrected chi connectivity index (χ4v) is 3.87. The second-order valence-corrected chi connectivity index (χ2v) is 6.84. The summed E-state index contributed by atoms with van der Waals surface area (Å²) >= 11 is 1.69. The van der Waals surface area contributed by atoms with Gasteiger partial charge in [-0.3, -0.25) is 9.59 Å². The molecule has 24 heavy (non-hydrogen) atoms. The zero-order valence-corrected chi connectivity index (χ0v) is 14.5. The van der Waals surface area contributed by atoms with Crippen LogP contribution in [0.2, 0.25) is 0 Å². The van der Waals surface area contributed by atoms with Gasteiger partial charge in [0, 0.05) is 34.6 Å². The molecule has 1 aliphatic rings. The summed E-state index contributed by atoms with van der Waals surface area (Å²) < 4.78 is 5.21. The van der Waals surface area contributed by atoms with Gasteiger partial charge < -0.3 is 4.74 Å². The van der Waals surface area contributed by atoms with Crippen molar-refractivity contribution < 1.29 is 14.3 Å². The van der Waals surface area contributed by atoms with E-state index in [0.717, 1.165) is 39.3 Å². The number of fused-ring (bicyclic) bond motifs is 2. The summed E-state index contributed by atoms with van der Waals surface area (Å²) in [5, 5.41) is 0. The first-order chi connectivity index (χ1) is 11.7. The van der Waals surface area contributed by atoms with Gasteiger partial charge in [-0.15, -0.1) is 11.8 Å². The van der Waals surface area contributed by atoms with Crippen LogP contribution in [0.15, 0.2) is 47.4 Å². The summed E-state index contributed by atoms with van der Waals surface area (Å²) in [6.45, 7) is 2.34. The monoisotopic (exact) mass is 340 g/mol. The third-order valence-electron chi connectivity index (χ3n) is 4.04. The Kier molecular flexibility index (Phi) is 5.36. The molecule has 124 valence electrons. The Balaban J connectivity index is 1.73. The Morgan fingerprint density at radius 2 is 2.00 bits per heavy atom. The number of carbonyl (C=O) groups excluding carboxylic acids is 2. The normalized spacial score (nSPS) is 13.0. The molecule has 0 bridgehead atoms. The van der Waals surface area contributed by atoms with E-state index in [1.165, 1.54) is 0 Å². The third kappa shape index (κ3) is 3.70. The Labute approximate surface area is 146 Å². The van der Waals surface area contributed by atoms with Crippen LogP contribution in [0.1, 0.15) is 46.8 Å². The molecule has 0 spiro atoms.